The van der Waals surface area contributed by atoms with Crippen molar-refractivity contribution in [2.24, 2.45) is 11.8 Å². The molecule has 0 bridgehead atoms. The molecule has 12 heavy (non-hydrogen) atoms. The molecular formula is C11H22O. The monoisotopic (exact) mass is 170 g/mol. The molecule has 1 unspecified atom stereocenters. The summed E-state index contributed by atoms with van der Waals surface area (Å²) in [6.07, 6.45) is 4.85. The summed E-state index contributed by atoms with van der Waals surface area (Å²) < 4.78 is 5.83. The Labute approximate surface area is 76.5 Å². The van der Waals surface area contributed by atoms with E-state index in [0.29, 0.717) is 12.2 Å². The van der Waals surface area contributed by atoms with Crippen molar-refractivity contribution in [1.82, 2.24) is 0 Å². The van der Waals surface area contributed by atoms with Crippen LogP contribution in [0.5, 0.6) is 0 Å². The van der Waals surface area contributed by atoms with E-state index in [1.165, 1.54) is 19.3 Å². The summed E-state index contributed by atoms with van der Waals surface area (Å²) in [6.45, 7) is 8.94. The van der Waals surface area contributed by atoms with Gasteiger partial charge in [-0.15, -0.1) is 0 Å². The van der Waals surface area contributed by atoms with E-state index in [2.05, 4.69) is 27.7 Å². The molecule has 0 aromatic heterocycles. The Morgan fingerprint density at radius 1 is 1.00 bits per heavy atom. The smallest absolute Gasteiger partial charge is 0.0583 e. The maximum atomic E-state index is 5.83. The van der Waals surface area contributed by atoms with Crippen molar-refractivity contribution in [3.05, 3.63) is 0 Å². The average Bonchev–Trinajstić information content (AvgIpc) is 1.81. The highest BCUT2D eigenvalue weighted by Crippen LogP contribution is 2.30. The van der Waals surface area contributed by atoms with E-state index in [9.17, 15) is 0 Å². The van der Waals surface area contributed by atoms with Gasteiger partial charge in [0.05, 0.1) is 12.2 Å². The van der Waals surface area contributed by atoms with Crippen molar-refractivity contribution < 1.29 is 4.74 Å². The topological polar surface area (TPSA) is 9.23 Å². The van der Waals surface area contributed by atoms with Gasteiger partial charge in [-0.05, 0) is 44.9 Å². The molecule has 1 fully saturated rings. The van der Waals surface area contributed by atoms with Crippen LogP contribution in [0.15, 0.2) is 0 Å². The van der Waals surface area contributed by atoms with E-state index in [1.54, 1.807) is 0 Å². The third-order valence-corrected chi connectivity index (χ3v) is 2.60. The van der Waals surface area contributed by atoms with Crippen LogP contribution in [0.4, 0.5) is 0 Å². The first-order valence-corrected chi connectivity index (χ1v) is 5.23. The van der Waals surface area contributed by atoms with Gasteiger partial charge in [0.15, 0.2) is 0 Å². The molecule has 0 aliphatic heterocycles. The van der Waals surface area contributed by atoms with Gasteiger partial charge in [0, 0.05) is 0 Å². The lowest BCUT2D eigenvalue weighted by molar-refractivity contribution is -0.0333. The second kappa shape index (κ2) is 4.27. The molecule has 0 spiro atoms. The van der Waals surface area contributed by atoms with Crippen LogP contribution in [0.3, 0.4) is 0 Å². The van der Waals surface area contributed by atoms with Crippen molar-refractivity contribution in [3.63, 3.8) is 0 Å². The molecule has 1 aliphatic rings. The van der Waals surface area contributed by atoms with Gasteiger partial charge >= 0.3 is 0 Å². The minimum absolute atomic E-state index is 0.396. The Bertz CT molecular complexity index is 118. The fourth-order valence-corrected chi connectivity index (χ4v) is 2.37. The first-order chi connectivity index (χ1) is 5.58. The highest BCUT2D eigenvalue weighted by Gasteiger charge is 2.24. The highest BCUT2D eigenvalue weighted by atomic mass is 16.5. The van der Waals surface area contributed by atoms with Gasteiger partial charge < -0.3 is 4.74 Å². The number of ether oxygens (including phenoxy) is 1. The van der Waals surface area contributed by atoms with E-state index in [0.717, 1.165) is 11.8 Å². The van der Waals surface area contributed by atoms with Crippen LogP contribution in [0.2, 0.25) is 0 Å². The number of hydrogen-bond acceptors (Lipinski definition) is 1. The van der Waals surface area contributed by atoms with Crippen LogP contribution in [-0.2, 0) is 4.74 Å². The summed E-state index contributed by atoms with van der Waals surface area (Å²) in [5, 5.41) is 0. The van der Waals surface area contributed by atoms with Crippen molar-refractivity contribution in [1.29, 1.82) is 0 Å². The van der Waals surface area contributed by atoms with Gasteiger partial charge in [-0.25, -0.2) is 0 Å². The average molecular weight is 170 g/mol. The zero-order chi connectivity index (χ0) is 9.14. The van der Waals surface area contributed by atoms with Gasteiger partial charge in [-0.1, -0.05) is 13.8 Å². The molecule has 1 rings (SSSR count). The lowest BCUT2D eigenvalue weighted by Crippen LogP contribution is -2.28. The highest BCUT2D eigenvalue weighted by molar-refractivity contribution is 4.75. The predicted octanol–water partition coefficient (Wildman–Crippen LogP) is 3.24. The Balaban J connectivity index is 2.34. The zero-order valence-electron chi connectivity index (χ0n) is 8.84. The fraction of sp³-hybridized carbons (Fsp3) is 1.00. The maximum Gasteiger partial charge on any atom is 0.0583 e. The van der Waals surface area contributed by atoms with Crippen LogP contribution in [-0.4, -0.2) is 12.2 Å². The molecule has 1 saturated carbocycles. The Kier molecular flexibility index (Phi) is 3.57. The van der Waals surface area contributed by atoms with Crippen LogP contribution in [0.25, 0.3) is 0 Å². The SMILES string of the molecule is CC(C)OC1C[C@@H](C)C[C@@H](C)C1. The Morgan fingerprint density at radius 3 is 1.92 bits per heavy atom. The molecule has 72 valence electrons. The molecule has 0 heterocycles. The number of hydrogen-bond donors (Lipinski definition) is 0. The van der Waals surface area contributed by atoms with E-state index in [-0.39, 0.29) is 0 Å². The first-order valence-electron chi connectivity index (χ1n) is 5.23. The zero-order valence-corrected chi connectivity index (χ0v) is 8.84. The summed E-state index contributed by atoms with van der Waals surface area (Å²) >= 11 is 0. The van der Waals surface area contributed by atoms with Gasteiger partial charge in [-0.2, -0.15) is 0 Å². The molecule has 0 N–H and O–H groups in total. The molecule has 0 amide bonds. The van der Waals surface area contributed by atoms with E-state index in [4.69, 9.17) is 4.74 Å². The van der Waals surface area contributed by atoms with Crippen molar-refractivity contribution in [3.8, 4) is 0 Å². The summed E-state index contributed by atoms with van der Waals surface area (Å²) in [5.41, 5.74) is 0. The van der Waals surface area contributed by atoms with Crippen LogP contribution < -0.4 is 0 Å². The normalized spacial score (nSPS) is 37.2. The van der Waals surface area contributed by atoms with E-state index < -0.39 is 0 Å². The predicted molar refractivity (Wildman–Crippen MR) is 52.2 cm³/mol. The van der Waals surface area contributed by atoms with Gasteiger partial charge in [0.2, 0.25) is 0 Å². The van der Waals surface area contributed by atoms with Crippen LogP contribution in [0.1, 0.15) is 47.0 Å². The summed E-state index contributed by atoms with van der Waals surface area (Å²) in [5.74, 6) is 1.72. The van der Waals surface area contributed by atoms with E-state index in [1.807, 2.05) is 0 Å². The lowest BCUT2D eigenvalue weighted by atomic mass is 9.82. The van der Waals surface area contributed by atoms with Crippen molar-refractivity contribution >= 4 is 0 Å². The van der Waals surface area contributed by atoms with Crippen molar-refractivity contribution in [2.45, 2.75) is 59.2 Å². The molecular weight excluding hydrogens is 148 g/mol. The summed E-state index contributed by atoms with van der Waals surface area (Å²) in [4.78, 5) is 0. The van der Waals surface area contributed by atoms with Gasteiger partial charge in [0.25, 0.3) is 0 Å². The second-order valence-corrected chi connectivity index (χ2v) is 4.72. The molecule has 1 aliphatic carbocycles. The minimum Gasteiger partial charge on any atom is -0.376 e. The molecule has 3 atom stereocenters. The Morgan fingerprint density at radius 2 is 1.50 bits per heavy atom. The van der Waals surface area contributed by atoms with Crippen LogP contribution in [0, 0.1) is 11.8 Å². The molecule has 0 saturated heterocycles. The quantitative estimate of drug-likeness (QED) is 0.618. The first kappa shape index (κ1) is 10.0. The second-order valence-electron chi connectivity index (χ2n) is 4.72. The molecule has 0 aromatic rings. The summed E-state index contributed by atoms with van der Waals surface area (Å²) in [7, 11) is 0. The van der Waals surface area contributed by atoms with E-state index >= 15 is 0 Å². The number of rotatable bonds is 2. The third-order valence-electron chi connectivity index (χ3n) is 2.60. The van der Waals surface area contributed by atoms with Gasteiger partial charge in [-0.3, -0.25) is 0 Å². The molecule has 1 heteroatoms. The lowest BCUT2D eigenvalue weighted by Gasteiger charge is -2.32. The largest absolute Gasteiger partial charge is 0.376 e. The molecule has 0 radical (unpaired) electrons. The molecule has 1 nitrogen and oxygen atoms in total. The summed E-state index contributed by atoms with van der Waals surface area (Å²) in [6, 6.07) is 0. The van der Waals surface area contributed by atoms with Crippen LogP contribution >= 0.6 is 0 Å². The maximum absolute atomic E-state index is 5.83. The molecule has 0 aromatic carbocycles. The van der Waals surface area contributed by atoms with Gasteiger partial charge in [0.1, 0.15) is 0 Å². The standard InChI is InChI=1S/C11H22O/c1-8(2)12-11-6-9(3)5-10(4)7-11/h8-11H,5-7H2,1-4H3/t9-,10+,11?. The van der Waals surface area contributed by atoms with Crippen molar-refractivity contribution in [2.75, 3.05) is 0 Å². The minimum atomic E-state index is 0.396. The Hall–Kier alpha value is -0.0400. The fourth-order valence-electron chi connectivity index (χ4n) is 2.37. The third kappa shape index (κ3) is 3.14.